The van der Waals surface area contributed by atoms with Crippen LogP contribution in [-0.2, 0) is 0 Å². The van der Waals surface area contributed by atoms with Crippen LogP contribution in [0.25, 0.3) is 10.8 Å². The van der Waals surface area contributed by atoms with Gasteiger partial charge in [-0.3, -0.25) is 4.90 Å². The van der Waals surface area contributed by atoms with E-state index in [1.165, 1.54) is 29.4 Å². The zero-order valence-corrected chi connectivity index (χ0v) is 11.2. The summed E-state index contributed by atoms with van der Waals surface area (Å²) < 4.78 is 0. The van der Waals surface area contributed by atoms with Crippen LogP contribution >= 0.6 is 0 Å². The van der Waals surface area contributed by atoms with E-state index in [4.69, 9.17) is 5.73 Å². The molecule has 0 amide bonds. The Hall–Kier alpha value is -1.74. The summed E-state index contributed by atoms with van der Waals surface area (Å²) >= 11 is 0. The van der Waals surface area contributed by atoms with Crippen LogP contribution in [-0.4, -0.2) is 37.1 Å². The monoisotopic (exact) mass is 253 g/mol. The van der Waals surface area contributed by atoms with Crippen LogP contribution in [0.15, 0.2) is 36.4 Å². The minimum absolute atomic E-state index is 0.669. The molecule has 2 atom stereocenters. The van der Waals surface area contributed by atoms with Crippen molar-refractivity contribution >= 4 is 22.1 Å². The summed E-state index contributed by atoms with van der Waals surface area (Å²) in [5.41, 5.74) is 8.32. The molecular weight excluding hydrogens is 234 g/mol. The second-order valence-electron chi connectivity index (χ2n) is 5.85. The summed E-state index contributed by atoms with van der Waals surface area (Å²) in [6, 6.07) is 14.1. The maximum Gasteiger partial charge on any atom is 0.0450 e. The lowest BCUT2D eigenvalue weighted by atomic mass is 10.1. The Labute approximate surface area is 113 Å². The fourth-order valence-electron chi connectivity index (χ4n) is 3.72. The molecule has 0 saturated carbocycles. The molecule has 3 nitrogen and oxygen atoms in total. The van der Waals surface area contributed by atoms with Crippen molar-refractivity contribution in [3.05, 3.63) is 36.4 Å². The highest BCUT2D eigenvalue weighted by Gasteiger charge is 2.41. The van der Waals surface area contributed by atoms with Crippen molar-refractivity contribution in [1.29, 1.82) is 0 Å². The lowest BCUT2D eigenvalue weighted by Gasteiger charge is -2.34. The van der Waals surface area contributed by atoms with Gasteiger partial charge in [0.05, 0.1) is 0 Å². The largest absolute Gasteiger partial charge is 0.398 e. The van der Waals surface area contributed by atoms with E-state index in [1.807, 2.05) is 6.07 Å². The summed E-state index contributed by atoms with van der Waals surface area (Å²) in [7, 11) is 2.24. The van der Waals surface area contributed by atoms with Crippen LogP contribution in [0.1, 0.15) is 6.42 Å². The standard InChI is InChI=1S/C16H19N3/c1-18-9-12-8-11(18)10-19(12)16-7-6-15(17)13-4-2-3-5-14(13)16/h2-7,11-12H,8-10,17H2,1H3. The second kappa shape index (κ2) is 3.87. The topological polar surface area (TPSA) is 32.5 Å². The summed E-state index contributed by atoms with van der Waals surface area (Å²) in [4.78, 5) is 5.06. The molecule has 2 saturated heterocycles. The van der Waals surface area contributed by atoms with Crippen LogP contribution < -0.4 is 10.6 Å². The Balaban J connectivity index is 1.83. The number of piperazine rings is 1. The molecule has 2 bridgehead atoms. The first-order valence-electron chi connectivity index (χ1n) is 6.98. The van der Waals surface area contributed by atoms with E-state index in [0.717, 1.165) is 18.3 Å². The summed E-state index contributed by atoms with van der Waals surface area (Å²) in [6.45, 7) is 2.33. The molecule has 2 aromatic rings. The first kappa shape index (κ1) is 11.1. The number of fused-ring (bicyclic) bond motifs is 3. The minimum atomic E-state index is 0.669. The van der Waals surface area contributed by atoms with E-state index < -0.39 is 0 Å². The second-order valence-corrected chi connectivity index (χ2v) is 5.85. The lowest BCUT2D eigenvalue weighted by Crippen LogP contribution is -2.44. The molecule has 2 heterocycles. The highest BCUT2D eigenvalue weighted by atomic mass is 15.3. The molecule has 0 spiro atoms. The van der Waals surface area contributed by atoms with Gasteiger partial charge in [0.1, 0.15) is 0 Å². The van der Waals surface area contributed by atoms with Gasteiger partial charge in [-0.25, -0.2) is 0 Å². The molecular formula is C16H19N3. The molecule has 2 aromatic carbocycles. The molecule has 0 aliphatic carbocycles. The average molecular weight is 253 g/mol. The number of likely N-dealkylation sites (tertiary alicyclic amines) is 1. The van der Waals surface area contributed by atoms with Gasteiger partial charge in [0, 0.05) is 47.3 Å². The van der Waals surface area contributed by atoms with Crippen LogP contribution in [0, 0.1) is 0 Å². The normalized spacial score (nSPS) is 26.5. The number of nitrogens with two attached hydrogens (primary N) is 1. The fourth-order valence-corrected chi connectivity index (χ4v) is 3.72. The van der Waals surface area contributed by atoms with E-state index >= 15 is 0 Å². The van der Waals surface area contributed by atoms with Crippen molar-refractivity contribution < 1.29 is 0 Å². The van der Waals surface area contributed by atoms with Crippen LogP contribution in [0.3, 0.4) is 0 Å². The first-order chi connectivity index (χ1) is 9.24. The van der Waals surface area contributed by atoms with Crippen LogP contribution in [0.4, 0.5) is 11.4 Å². The van der Waals surface area contributed by atoms with E-state index in [0.29, 0.717) is 6.04 Å². The highest BCUT2D eigenvalue weighted by Crippen LogP contribution is 2.38. The molecule has 3 heteroatoms. The highest BCUT2D eigenvalue weighted by molar-refractivity contribution is 6.01. The molecule has 0 radical (unpaired) electrons. The van der Waals surface area contributed by atoms with E-state index in [-0.39, 0.29) is 0 Å². The third kappa shape index (κ3) is 1.55. The molecule has 2 N–H and O–H groups in total. The number of nitrogens with zero attached hydrogens (tertiary/aromatic N) is 2. The van der Waals surface area contributed by atoms with Gasteiger partial charge in [-0.1, -0.05) is 24.3 Å². The number of hydrogen-bond acceptors (Lipinski definition) is 3. The molecule has 98 valence electrons. The zero-order valence-electron chi connectivity index (χ0n) is 11.2. The Morgan fingerprint density at radius 2 is 1.79 bits per heavy atom. The summed E-state index contributed by atoms with van der Waals surface area (Å²) in [5, 5.41) is 2.47. The molecule has 2 fully saturated rings. The van der Waals surface area contributed by atoms with Crippen molar-refractivity contribution in [2.75, 3.05) is 30.8 Å². The van der Waals surface area contributed by atoms with Crippen molar-refractivity contribution in [2.45, 2.75) is 18.5 Å². The predicted octanol–water partition coefficient (Wildman–Crippen LogP) is 2.31. The lowest BCUT2D eigenvalue weighted by molar-refractivity contribution is 0.293. The molecule has 2 unspecified atom stereocenters. The van der Waals surface area contributed by atoms with Gasteiger partial charge in [0.25, 0.3) is 0 Å². The smallest absolute Gasteiger partial charge is 0.0450 e. The van der Waals surface area contributed by atoms with Crippen LogP contribution in [0.2, 0.25) is 0 Å². The quantitative estimate of drug-likeness (QED) is 0.792. The van der Waals surface area contributed by atoms with Gasteiger partial charge in [-0.15, -0.1) is 0 Å². The fraction of sp³-hybridized carbons (Fsp3) is 0.375. The Bertz CT molecular complexity index is 635. The van der Waals surface area contributed by atoms with E-state index in [1.54, 1.807) is 0 Å². The van der Waals surface area contributed by atoms with Crippen molar-refractivity contribution in [3.8, 4) is 0 Å². The molecule has 2 aliphatic rings. The third-order valence-corrected chi connectivity index (χ3v) is 4.76. The SMILES string of the molecule is CN1CC2CC1CN2c1ccc(N)c2ccccc12. The average Bonchev–Trinajstić information content (AvgIpc) is 2.98. The van der Waals surface area contributed by atoms with Crippen molar-refractivity contribution in [3.63, 3.8) is 0 Å². The third-order valence-electron chi connectivity index (χ3n) is 4.76. The maximum atomic E-state index is 6.10. The minimum Gasteiger partial charge on any atom is -0.398 e. The van der Waals surface area contributed by atoms with E-state index in [9.17, 15) is 0 Å². The first-order valence-corrected chi connectivity index (χ1v) is 6.98. The number of rotatable bonds is 1. The van der Waals surface area contributed by atoms with Gasteiger partial charge >= 0.3 is 0 Å². The van der Waals surface area contributed by atoms with Crippen LogP contribution in [0.5, 0.6) is 0 Å². The van der Waals surface area contributed by atoms with Gasteiger partial charge in [0.15, 0.2) is 0 Å². The number of hydrogen-bond donors (Lipinski definition) is 1. The van der Waals surface area contributed by atoms with Crippen molar-refractivity contribution in [2.24, 2.45) is 0 Å². The van der Waals surface area contributed by atoms with Gasteiger partial charge < -0.3 is 10.6 Å². The molecule has 4 rings (SSSR count). The van der Waals surface area contributed by atoms with Gasteiger partial charge in [-0.05, 0) is 25.6 Å². The number of nitrogen functional groups attached to an aromatic ring is 1. The Kier molecular flexibility index (Phi) is 2.27. The zero-order chi connectivity index (χ0) is 13.0. The van der Waals surface area contributed by atoms with Crippen molar-refractivity contribution in [1.82, 2.24) is 4.90 Å². The molecule has 2 aliphatic heterocycles. The predicted molar refractivity (Wildman–Crippen MR) is 80.5 cm³/mol. The molecule has 0 aromatic heterocycles. The summed E-state index contributed by atoms with van der Waals surface area (Å²) in [6.07, 6.45) is 1.30. The Morgan fingerprint density at radius 3 is 2.47 bits per heavy atom. The summed E-state index contributed by atoms with van der Waals surface area (Å²) in [5.74, 6) is 0. The number of benzene rings is 2. The number of anilines is 2. The van der Waals surface area contributed by atoms with E-state index in [2.05, 4.69) is 47.2 Å². The van der Waals surface area contributed by atoms with Gasteiger partial charge in [0.2, 0.25) is 0 Å². The maximum absolute atomic E-state index is 6.10. The Morgan fingerprint density at radius 1 is 1.00 bits per heavy atom. The number of likely N-dealkylation sites (N-methyl/N-ethyl adjacent to an activating group) is 1. The van der Waals surface area contributed by atoms with Gasteiger partial charge in [-0.2, -0.15) is 0 Å². The molecule has 19 heavy (non-hydrogen) atoms.